The lowest BCUT2D eigenvalue weighted by Gasteiger charge is -2.09. The quantitative estimate of drug-likeness (QED) is 0.685. The van der Waals surface area contributed by atoms with Gasteiger partial charge in [-0.2, -0.15) is 0 Å². The zero-order valence-corrected chi connectivity index (χ0v) is 9.84. The van der Waals surface area contributed by atoms with Crippen molar-refractivity contribution in [1.82, 2.24) is 10.6 Å². The van der Waals surface area contributed by atoms with Gasteiger partial charge in [0.2, 0.25) is 5.91 Å². The third kappa shape index (κ3) is 4.25. The Bertz CT molecular complexity index is 445. The number of amides is 2. The van der Waals surface area contributed by atoms with Gasteiger partial charge in [-0.05, 0) is 19.1 Å². The Balaban J connectivity index is 2.40. The summed E-state index contributed by atoms with van der Waals surface area (Å²) in [5.74, 6) is -2.05. The lowest BCUT2D eigenvalue weighted by atomic mass is 10.2. The van der Waals surface area contributed by atoms with E-state index in [-0.39, 0.29) is 12.5 Å². The second-order valence-electron chi connectivity index (χ2n) is 3.68. The van der Waals surface area contributed by atoms with Gasteiger partial charge in [-0.15, -0.1) is 0 Å². The molecule has 0 aliphatic rings. The molecule has 2 amide bonds. The molecule has 1 aromatic rings. The molecule has 6 nitrogen and oxygen atoms in total. The van der Waals surface area contributed by atoms with E-state index >= 15 is 0 Å². The number of carbonyl (C=O) groups excluding carboxylic acids is 2. The Morgan fingerprint density at radius 3 is 2.39 bits per heavy atom. The summed E-state index contributed by atoms with van der Waals surface area (Å²) in [6, 6.07) is 7.45. The predicted molar refractivity (Wildman–Crippen MR) is 64.0 cm³/mol. The van der Waals surface area contributed by atoms with Crippen LogP contribution >= 0.6 is 0 Å². The second-order valence-corrected chi connectivity index (χ2v) is 3.68. The molecule has 0 heterocycles. The molecule has 96 valence electrons. The third-order valence-corrected chi connectivity index (χ3v) is 2.19. The van der Waals surface area contributed by atoms with E-state index in [0.29, 0.717) is 5.56 Å². The van der Waals surface area contributed by atoms with Crippen LogP contribution in [-0.4, -0.2) is 35.5 Å². The van der Waals surface area contributed by atoms with Crippen LogP contribution in [0.1, 0.15) is 17.3 Å². The van der Waals surface area contributed by atoms with Crippen molar-refractivity contribution in [2.45, 2.75) is 13.0 Å². The molecule has 6 heteroatoms. The zero-order valence-electron chi connectivity index (χ0n) is 9.84. The zero-order chi connectivity index (χ0) is 13.5. The molecule has 18 heavy (non-hydrogen) atoms. The first-order valence-corrected chi connectivity index (χ1v) is 5.36. The van der Waals surface area contributed by atoms with Gasteiger partial charge in [0.15, 0.2) is 0 Å². The lowest BCUT2D eigenvalue weighted by Crippen LogP contribution is -2.43. The molecule has 3 N–H and O–H groups in total. The molecule has 0 saturated carbocycles. The smallest absolute Gasteiger partial charge is 0.325 e. The van der Waals surface area contributed by atoms with Gasteiger partial charge in [-0.3, -0.25) is 14.4 Å². The Morgan fingerprint density at radius 1 is 1.22 bits per heavy atom. The van der Waals surface area contributed by atoms with Crippen LogP contribution in [0.3, 0.4) is 0 Å². The Hall–Kier alpha value is -2.37. The topological polar surface area (TPSA) is 95.5 Å². The van der Waals surface area contributed by atoms with E-state index < -0.39 is 17.9 Å². The fourth-order valence-electron chi connectivity index (χ4n) is 1.21. The highest BCUT2D eigenvalue weighted by Gasteiger charge is 2.14. The van der Waals surface area contributed by atoms with E-state index in [2.05, 4.69) is 10.6 Å². The van der Waals surface area contributed by atoms with Crippen molar-refractivity contribution in [2.75, 3.05) is 6.54 Å². The minimum absolute atomic E-state index is 0.259. The molecule has 0 unspecified atom stereocenters. The predicted octanol–water partition coefficient (Wildman–Crippen LogP) is 0.00570. The molecule has 0 radical (unpaired) electrons. The van der Waals surface area contributed by atoms with Crippen molar-refractivity contribution in [1.29, 1.82) is 0 Å². The summed E-state index contributed by atoms with van der Waals surface area (Å²) in [6.07, 6.45) is 0. The molecule has 0 fully saturated rings. The number of hydrogen-bond acceptors (Lipinski definition) is 3. The molecule has 1 atom stereocenters. The van der Waals surface area contributed by atoms with Crippen LogP contribution in [0.15, 0.2) is 30.3 Å². The summed E-state index contributed by atoms with van der Waals surface area (Å²) < 4.78 is 0. The number of aliphatic carboxylic acids is 1. The summed E-state index contributed by atoms with van der Waals surface area (Å²) in [6.45, 7) is 1.09. The van der Waals surface area contributed by atoms with E-state index in [1.54, 1.807) is 30.3 Å². The van der Waals surface area contributed by atoms with Crippen LogP contribution in [0.25, 0.3) is 0 Å². The summed E-state index contributed by atoms with van der Waals surface area (Å²) in [4.78, 5) is 33.4. The maximum atomic E-state index is 11.6. The van der Waals surface area contributed by atoms with E-state index in [1.165, 1.54) is 6.92 Å². The largest absolute Gasteiger partial charge is 0.480 e. The maximum Gasteiger partial charge on any atom is 0.325 e. The van der Waals surface area contributed by atoms with E-state index in [9.17, 15) is 14.4 Å². The van der Waals surface area contributed by atoms with Gasteiger partial charge in [-0.25, -0.2) is 0 Å². The summed E-state index contributed by atoms with van der Waals surface area (Å²) in [5.41, 5.74) is 0.441. The first kappa shape index (κ1) is 13.7. The van der Waals surface area contributed by atoms with Crippen LogP contribution in [0, 0.1) is 0 Å². The number of rotatable bonds is 5. The first-order chi connectivity index (χ1) is 8.50. The molecule has 0 spiro atoms. The van der Waals surface area contributed by atoms with E-state index in [1.807, 2.05) is 0 Å². The highest BCUT2D eigenvalue weighted by molar-refractivity contribution is 5.96. The standard InChI is InChI=1S/C12H14N2O4/c1-8(12(17)18)14-10(15)7-13-11(16)9-5-3-2-4-6-9/h2-6,8H,7H2,1H3,(H,13,16)(H,14,15)(H,17,18)/t8-/m0/s1. The highest BCUT2D eigenvalue weighted by Crippen LogP contribution is 1.97. The minimum atomic E-state index is -1.13. The highest BCUT2D eigenvalue weighted by atomic mass is 16.4. The Labute approximate surface area is 104 Å². The van der Waals surface area contributed by atoms with Crippen molar-refractivity contribution >= 4 is 17.8 Å². The second kappa shape index (κ2) is 6.39. The van der Waals surface area contributed by atoms with Crippen LogP contribution in [0.5, 0.6) is 0 Å². The van der Waals surface area contributed by atoms with Crippen LogP contribution in [0.4, 0.5) is 0 Å². The van der Waals surface area contributed by atoms with Crippen molar-refractivity contribution in [3.05, 3.63) is 35.9 Å². The minimum Gasteiger partial charge on any atom is -0.480 e. The Morgan fingerprint density at radius 2 is 1.83 bits per heavy atom. The van der Waals surface area contributed by atoms with Crippen molar-refractivity contribution in [3.8, 4) is 0 Å². The van der Waals surface area contributed by atoms with Crippen molar-refractivity contribution < 1.29 is 19.5 Å². The van der Waals surface area contributed by atoms with Crippen LogP contribution in [-0.2, 0) is 9.59 Å². The van der Waals surface area contributed by atoms with Gasteiger partial charge >= 0.3 is 5.97 Å². The number of carboxylic acid groups (broad SMARTS) is 1. The molecule has 0 aliphatic heterocycles. The maximum absolute atomic E-state index is 11.6. The van der Waals surface area contributed by atoms with Gasteiger partial charge in [-0.1, -0.05) is 18.2 Å². The first-order valence-electron chi connectivity index (χ1n) is 5.36. The molecule has 1 aromatic carbocycles. The van der Waals surface area contributed by atoms with Gasteiger partial charge in [0.05, 0.1) is 6.54 Å². The molecule has 0 saturated heterocycles. The summed E-state index contributed by atoms with van der Waals surface area (Å²) >= 11 is 0. The average Bonchev–Trinajstić information content (AvgIpc) is 2.36. The number of benzene rings is 1. The van der Waals surface area contributed by atoms with Gasteiger partial charge in [0, 0.05) is 5.56 Å². The molecular formula is C12H14N2O4. The lowest BCUT2D eigenvalue weighted by molar-refractivity contribution is -0.141. The molecule has 1 rings (SSSR count). The van der Waals surface area contributed by atoms with Gasteiger partial charge < -0.3 is 15.7 Å². The molecule has 0 bridgehead atoms. The number of carboxylic acids is 1. The van der Waals surface area contributed by atoms with E-state index in [4.69, 9.17) is 5.11 Å². The van der Waals surface area contributed by atoms with E-state index in [0.717, 1.165) is 0 Å². The van der Waals surface area contributed by atoms with Crippen LogP contribution in [0.2, 0.25) is 0 Å². The fraction of sp³-hybridized carbons (Fsp3) is 0.250. The number of hydrogen-bond donors (Lipinski definition) is 3. The molecule has 0 aliphatic carbocycles. The molecule has 0 aromatic heterocycles. The van der Waals surface area contributed by atoms with Gasteiger partial charge in [0.1, 0.15) is 6.04 Å². The summed E-state index contributed by atoms with van der Waals surface area (Å²) in [5, 5.41) is 13.2. The Kier molecular flexibility index (Phi) is 4.86. The van der Waals surface area contributed by atoms with Crippen LogP contribution < -0.4 is 10.6 Å². The third-order valence-electron chi connectivity index (χ3n) is 2.19. The van der Waals surface area contributed by atoms with Crippen molar-refractivity contribution in [3.63, 3.8) is 0 Å². The average molecular weight is 250 g/mol. The SMILES string of the molecule is C[C@H](NC(=O)CNC(=O)c1ccccc1)C(=O)O. The fourth-order valence-corrected chi connectivity index (χ4v) is 1.21. The van der Waals surface area contributed by atoms with Gasteiger partial charge in [0.25, 0.3) is 5.91 Å². The summed E-state index contributed by atoms with van der Waals surface area (Å²) in [7, 11) is 0. The molecular weight excluding hydrogens is 236 g/mol. The number of carbonyl (C=O) groups is 3. The normalized spacial score (nSPS) is 11.4. The van der Waals surface area contributed by atoms with Crippen molar-refractivity contribution in [2.24, 2.45) is 0 Å². The monoisotopic (exact) mass is 250 g/mol. The number of nitrogens with one attached hydrogen (secondary N) is 2.